The van der Waals surface area contributed by atoms with Gasteiger partial charge in [-0.25, -0.2) is 19.7 Å². The second-order valence-electron chi connectivity index (χ2n) is 10.1. The lowest BCUT2D eigenvalue weighted by atomic mass is 10.0. The van der Waals surface area contributed by atoms with E-state index in [1.807, 2.05) is 50.6 Å². The fourth-order valence-corrected chi connectivity index (χ4v) is 5.06. The summed E-state index contributed by atoms with van der Waals surface area (Å²) in [5.41, 5.74) is 8.38. The van der Waals surface area contributed by atoms with Crippen LogP contribution in [0, 0.1) is 6.92 Å². The summed E-state index contributed by atoms with van der Waals surface area (Å²) >= 11 is 0. The number of amides is 2. The summed E-state index contributed by atoms with van der Waals surface area (Å²) < 4.78 is 20.8. The predicted molar refractivity (Wildman–Crippen MR) is 136 cm³/mol. The quantitative estimate of drug-likeness (QED) is 0.409. The van der Waals surface area contributed by atoms with E-state index in [9.17, 15) is 4.79 Å². The Labute approximate surface area is 215 Å². The van der Waals surface area contributed by atoms with Crippen LogP contribution in [0.3, 0.4) is 0 Å². The van der Waals surface area contributed by atoms with Crippen LogP contribution < -0.4 is 16.4 Å². The minimum atomic E-state index is -0.932. The van der Waals surface area contributed by atoms with Crippen LogP contribution in [-0.2, 0) is 26.5 Å². The molecule has 2 aromatic heterocycles. The zero-order valence-electron chi connectivity index (χ0n) is 21.6. The third-order valence-electron chi connectivity index (χ3n) is 6.70. The Morgan fingerprint density at radius 1 is 1.27 bits per heavy atom. The van der Waals surface area contributed by atoms with Gasteiger partial charge >= 0.3 is 6.03 Å². The lowest BCUT2D eigenvalue weighted by Crippen LogP contribution is -2.47. The van der Waals surface area contributed by atoms with Crippen molar-refractivity contribution in [2.45, 2.75) is 51.0 Å². The van der Waals surface area contributed by atoms with Crippen LogP contribution in [0.1, 0.15) is 25.0 Å². The summed E-state index contributed by atoms with van der Waals surface area (Å²) in [5.74, 6) is -0.516. The van der Waals surface area contributed by atoms with E-state index in [0.29, 0.717) is 43.2 Å². The van der Waals surface area contributed by atoms with Crippen molar-refractivity contribution in [2.75, 3.05) is 39.0 Å². The molecule has 37 heavy (non-hydrogen) atoms. The van der Waals surface area contributed by atoms with Crippen molar-refractivity contribution < 1.29 is 19.0 Å². The van der Waals surface area contributed by atoms with Gasteiger partial charge in [-0.1, -0.05) is 29.8 Å². The van der Waals surface area contributed by atoms with E-state index >= 15 is 0 Å². The van der Waals surface area contributed by atoms with Crippen LogP contribution in [0.25, 0.3) is 11.2 Å². The number of rotatable bonds is 8. The highest BCUT2D eigenvalue weighted by Gasteiger charge is 2.63. The molecule has 5 rings (SSSR count). The molecule has 2 fully saturated rings. The number of carbonyl (C=O) groups is 1. The maximum atomic E-state index is 12.2. The summed E-state index contributed by atoms with van der Waals surface area (Å²) in [5, 5.41) is 5.80. The summed E-state index contributed by atoms with van der Waals surface area (Å²) in [6.45, 7) is 8.27. The number of carbonyl (C=O) groups excluding carboxylic acids is 1. The normalized spacial score (nSPS) is 24.5. The molecule has 3 atom stereocenters. The maximum Gasteiger partial charge on any atom is 0.315 e. The molecule has 0 aliphatic carbocycles. The van der Waals surface area contributed by atoms with Gasteiger partial charge in [0, 0.05) is 26.2 Å². The third kappa shape index (κ3) is 5.10. The lowest BCUT2D eigenvalue weighted by molar-refractivity contribution is -0.205. The van der Waals surface area contributed by atoms with Crippen molar-refractivity contribution in [3.05, 3.63) is 48.0 Å². The standard InChI is InChI=1S/C25H34N8O4/c1-16-6-5-7-17(10-16)11-28-23(34)27-8-9-32(4)12-18-20-25(13-35-18,37-24(2,3)36-20)33-15-31-19-21(26)29-14-30-22(19)33/h5-7,10,14-15,18,20H,8-9,11-13H2,1-4H3,(H2,26,29,30)(H2,27,28,34)/t18-,20-,25+/m1/s1. The van der Waals surface area contributed by atoms with Crippen LogP contribution in [0.15, 0.2) is 36.9 Å². The van der Waals surface area contributed by atoms with E-state index in [-0.39, 0.29) is 18.7 Å². The largest absolute Gasteiger partial charge is 0.382 e. The van der Waals surface area contributed by atoms with E-state index in [0.717, 1.165) is 11.1 Å². The molecular formula is C25H34N8O4. The number of urea groups is 1. The molecule has 0 saturated carbocycles. The van der Waals surface area contributed by atoms with Crippen LogP contribution in [0.5, 0.6) is 0 Å². The number of ether oxygens (including phenoxy) is 3. The molecule has 0 bridgehead atoms. The van der Waals surface area contributed by atoms with Gasteiger partial charge in [0.15, 0.2) is 17.3 Å². The number of benzene rings is 1. The topological polar surface area (TPSA) is 142 Å². The van der Waals surface area contributed by atoms with Gasteiger partial charge in [-0.05, 0) is 33.4 Å². The number of anilines is 1. The average molecular weight is 511 g/mol. The Morgan fingerprint density at radius 3 is 2.92 bits per heavy atom. The zero-order valence-corrected chi connectivity index (χ0v) is 21.6. The van der Waals surface area contributed by atoms with Gasteiger partial charge in [-0.15, -0.1) is 0 Å². The Balaban J connectivity index is 1.18. The number of aryl methyl sites for hydroxylation is 1. The summed E-state index contributed by atoms with van der Waals surface area (Å²) in [7, 11) is 1.98. The first-order chi connectivity index (χ1) is 17.7. The number of hydrogen-bond donors (Lipinski definition) is 3. The smallest absolute Gasteiger partial charge is 0.315 e. The Kier molecular flexibility index (Phi) is 6.75. The predicted octanol–water partition coefficient (Wildman–Crippen LogP) is 1.35. The summed E-state index contributed by atoms with van der Waals surface area (Å²) in [4.78, 5) is 27.2. The van der Waals surface area contributed by atoms with Gasteiger partial charge in [0.05, 0.1) is 12.9 Å². The Hall–Kier alpha value is -3.32. The molecule has 2 saturated heterocycles. The van der Waals surface area contributed by atoms with E-state index in [1.165, 1.54) is 6.33 Å². The number of likely N-dealkylation sites (N-methyl/N-ethyl adjacent to an activating group) is 1. The number of nitrogen functional groups attached to an aromatic ring is 1. The molecule has 4 N–H and O–H groups in total. The number of nitrogens with zero attached hydrogens (tertiary/aromatic N) is 5. The maximum absolute atomic E-state index is 12.2. The molecule has 2 aliphatic heterocycles. The van der Waals surface area contributed by atoms with Gasteiger partial charge in [-0.3, -0.25) is 4.57 Å². The van der Waals surface area contributed by atoms with Gasteiger partial charge in [0.2, 0.25) is 5.72 Å². The zero-order chi connectivity index (χ0) is 26.2. The summed E-state index contributed by atoms with van der Waals surface area (Å²) in [6, 6.07) is 7.86. The number of nitrogens with one attached hydrogen (secondary N) is 2. The molecule has 198 valence electrons. The molecule has 12 heteroatoms. The van der Waals surface area contributed by atoms with Crippen LogP contribution in [0.4, 0.5) is 10.6 Å². The lowest BCUT2D eigenvalue weighted by Gasteiger charge is -2.29. The molecule has 3 aromatic rings. The third-order valence-corrected chi connectivity index (χ3v) is 6.70. The van der Waals surface area contributed by atoms with Crippen molar-refractivity contribution in [3.63, 3.8) is 0 Å². The van der Waals surface area contributed by atoms with Gasteiger partial charge < -0.3 is 35.5 Å². The molecule has 2 aliphatic rings. The first-order valence-electron chi connectivity index (χ1n) is 12.4. The van der Waals surface area contributed by atoms with Crippen molar-refractivity contribution in [2.24, 2.45) is 0 Å². The molecule has 4 heterocycles. The van der Waals surface area contributed by atoms with Gasteiger partial charge in [-0.2, -0.15) is 0 Å². The highest BCUT2D eigenvalue weighted by atomic mass is 16.8. The van der Waals surface area contributed by atoms with Crippen molar-refractivity contribution in [1.29, 1.82) is 0 Å². The highest BCUT2D eigenvalue weighted by molar-refractivity contribution is 5.81. The molecular weight excluding hydrogens is 476 g/mol. The second kappa shape index (κ2) is 9.86. The molecule has 2 amide bonds. The van der Waals surface area contributed by atoms with E-state index < -0.39 is 17.6 Å². The minimum Gasteiger partial charge on any atom is -0.382 e. The van der Waals surface area contributed by atoms with Crippen LogP contribution in [0.2, 0.25) is 0 Å². The van der Waals surface area contributed by atoms with Crippen molar-refractivity contribution >= 4 is 23.0 Å². The number of aromatic nitrogens is 4. The van der Waals surface area contributed by atoms with E-state index in [1.54, 1.807) is 6.33 Å². The van der Waals surface area contributed by atoms with Crippen molar-refractivity contribution in [1.82, 2.24) is 35.1 Å². The van der Waals surface area contributed by atoms with Gasteiger partial charge in [0.1, 0.15) is 24.1 Å². The fourth-order valence-electron chi connectivity index (χ4n) is 5.06. The van der Waals surface area contributed by atoms with Crippen molar-refractivity contribution in [3.8, 4) is 0 Å². The second-order valence-corrected chi connectivity index (χ2v) is 10.1. The molecule has 12 nitrogen and oxygen atoms in total. The first kappa shape index (κ1) is 25.3. The van der Waals surface area contributed by atoms with Crippen LogP contribution in [-0.4, -0.2) is 81.7 Å². The molecule has 0 spiro atoms. The average Bonchev–Trinajstić information content (AvgIpc) is 3.49. The minimum absolute atomic E-state index is 0.200. The number of fused-ring (bicyclic) bond motifs is 2. The molecule has 1 aromatic carbocycles. The van der Waals surface area contributed by atoms with Gasteiger partial charge in [0.25, 0.3) is 0 Å². The Bertz CT molecular complexity index is 1280. The number of hydrogen-bond acceptors (Lipinski definition) is 9. The van der Waals surface area contributed by atoms with E-state index in [2.05, 4.69) is 36.6 Å². The fraction of sp³-hybridized carbons (Fsp3) is 0.520. The Morgan fingerprint density at radius 2 is 2.11 bits per heavy atom. The SMILES string of the molecule is Cc1cccc(CNC(=O)NCCN(C)C[C@H]2OC[C@]3(n4cnc5c(N)ncnc54)OC(C)(C)O[C@H]23)c1. The van der Waals surface area contributed by atoms with Crippen LogP contribution >= 0.6 is 0 Å². The highest BCUT2D eigenvalue weighted by Crippen LogP contribution is 2.47. The first-order valence-corrected chi connectivity index (χ1v) is 12.4. The number of nitrogens with two attached hydrogens (primary N) is 1. The molecule has 0 unspecified atom stereocenters. The number of imidazole rings is 1. The van der Waals surface area contributed by atoms with E-state index in [4.69, 9.17) is 19.9 Å². The summed E-state index contributed by atoms with van der Waals surface area (Å²) in [6.07, 6.45) is 2.40. The monoisotopic (exact) mass is 510 g/mol. The molecule has 0 radical (unpaired) electrons.